The molecule has 162 valence electrons. The van der Waals surface area contributed by atoms with Crippen molar-refractivity contribution >= 4 is 11.6 Å². The minimum atomic E-state index is -0.460. The lowest BCUT2D eigenvalue weighted by molar-refractivity contribution is -0.384. The highest BCUT2D eigenvalue weighted by Crippen LogP contribution is 2.19. The molecule has 0 radical (unpaired) electrons. The van der Waals surface area contributed by atoms with E-state index in [1.54, 1.807) is 30.3 Å². The Kier molecular flexibility index (Phi) is 6.07. The van der Waals surface area contributed by atoms with Gasteiger partial charge in [-0.05, 0) is 18.6 Å². The number of benzene rings is 2. The number of amides is 1. The smallest absolute Gasteiger partial charge is 0.269 e. The highest BCUT2D eigenvalue weighted by Gasteiger charge is 2.15. The Morgan fingerprint density at radius 2 is 1.91 bits per heavy atom. The molecule has 4 rings (SSSR count). The number of hydrogen-bond acceptors (Lipinski definition) is 6. The summed E-state index contributed by atoms with van der Waals surface area (Å²) in [5.41, 5.74) is 2.87. The van der Waals surface area contributed by atoms with Gasteiger partial charge in [0.2, 0.25) is 0 Å². The Morgan fingerprint density at radius 3 is 2.62 bits per heavy atom. The lowest BCUT2D eigenvalue weighted by atomic mass is 10.1. The first-order valence-corrected chi connectivity index (χ1v) is 10.1. The monoisotopic (exact) mass is 431 g/mol. The van der Waals surface area contributed by atoms with Crippen LogP contribution >= 0.6 is 0 Å². The summed E-state index contributed by atoms with van der Waals surface area (Å²) in [4.78, 5) is 24.7. The van der Waals surface area contributed by atoms with Crippen molar-refractivity contribution in [1.82, 2.24) is 19.8 Å². The standard InChI is InChI=1S/C23H21N5O4/c1-26(13-5-8-21-14-22(25-32-21)17-6-3-2-4-7-17)23(29)18-15-24-27(16-18)19-9-11-20(12-10-19)28(30)31/h2-4,6-7,9-12,14-16H,5,8,13H2,1H3. The summed E-state index contributed by atoms with van der Waals surface area (Å²) in [6.45, 7) is 0.545. The third kappa shape index (κ3) is 4.72. The van der Waals surface area contributed by atoms with Crippen molar-refractivity contribution in [3.63, 3.8) is 0 Å². The van der Waals surface area contributed by atoms with Crippen molar-refractivity contribution in [3.8, 4) is 16.9 Å². The minimum Gasteiger partial charge on any atom is -0.361 e. The number of carbonyl (C=O) groups is 1. The topological polar surface area (TPSA) is 107 Å². The zero-order valence-electron chi connectivity index (χ0n) is 17.4. The third-order valence-corrected chi connectivity index (χ3v) is 5.05. The van der Waals surface area contributed by atoms with Gasteiger partial charge in [-0.15, -0.1) is 0 Å². The van der Waals surface area contributed by atoms with Crippen molar-refractivity contribution in [2.45, 2.75) is 12.8 Å². The van der Waals surface area contributed by atoms with Crippen LogP contribution in [-0.4, -0.2) is 44.3 Å². The molecule has 0 aliphatic carbocycles. The summed E-state index contributed by atoms with van der Waals surface area (Å²) in [5.74, 6) is 0.622. The summed E-state index contributed by atoms with van der Waals surface area (Å²) < 4.78 is 6.93. The second kappa shape index (κ2) is 9.25. The fourth-order valence-corrected chi connectivity index (χ4v) is 3.29. The molecular formula is C23H21N5O4. The summed E-state index contributed by atoms with van der Waals surface area (Å²) in [6, 6.07) is 17.7. The first-order chi connectivity index (χ1) is 15.5. The summed E-state index contributed by atoms with van der Waals surface area (Å²) >= 11 is 0. The molecule has 0 atom stereocenters. The quantitative estimate of drug-likeness (QED) is 0.306. The molecule has 0 unspecified atom stereocenters. The molecule has 0 bridgehead atoms. The van der Waals surface area contributed by atoms with E-state index in [0.29, 0.717) is 24.2 Å². The summed E-state index contributed by atoms with van der Waals surface area (Å²) in [6.07, 6.45) is 4.49. The lowest BCUT2D eigenvalue weighted by Gasteiger charge is -2.15. The zero-order valence-corrected chi connectivity index (χ0v) is 17.4. The van der Waals surface area contributed by atoms with E-state index in [9.17, 15) is 14.9 Å². The molecule has 32 heavy (non-hydrogen) atoms. The van der Waals surface area contributed by atoms with Crippen LogP contribution in [0.1, 0.15) is 22.5 Å². The maximum absolute atomic E-state index is 12.7. The van der Waals surface area contributed by atoms with E-state index in [2.05, 4.69) is 10.3 Å². The third-order valence-electron chi connectivity index (χ3n) is 5.05. The molecule has 0 fully saturated rings. The fourth-order valence-electron chi connectivity index (χ4n) is 3.29. The largest absolute Gasteiger partial charge is 0.361 e. The molecule has 2 heterocycles. The van der Waals surface area contributed by atoms with Crippen LogP contribution in [0.4, 0.5) is 5.69 Å². The van der Waals surface area contributed by atoms with Crippen molar-refractivity contribution < 1.29 is 14.2 Å². The average Bonchev–Trinajstić information content (AvgIpc) is 3.49. The Morgan fingerprint density at radius 1 is 1.16 bits per heavy atom. The van der Waals surface area contributed by atoms with Crippen LogP contribution in [0.5, 0.6) is 0 Å². The second-order valence-electron chi connectivity index (χ2n) is 7.32. The zero-order chi connectivity index (χ0) is 22.5. The highest BCUT2D eigenvalue weighted by atomic mass is 16.6. The van der Waals surface area contributed by atoms with E-state index >= 15 is 0 Å². The first kappa shape index (κ1) is 21.0. The number of nitrogens with zero attached hydrogens (tertiary/aromatic N) is 5. The molecule has 1 amide bonds. The lowest BCUT2D eigenvalue weighted by Crippen LogP contribution is -2.27. The van der Waals surface area contributed by atoms with Crippen LogP contribution < -0.4 is 0 Å². The second-order valence-corrected chi connectivity index (χ2v) is 7.32. The molecule has 0 aliphatic heterocycles. The van der Waals surface area contributed by atoms with Crippen LogP contribution in [0.3, 0.4) is 0 Å². The van der Waals surface area contributed by atoms with Gasteiger partial charge >= 0.3 is 0 Å². The maximum atomic E-state index is 12.7. The molecule has 0 saturated carbocycles. The van der Waals surface area contributed by atoms with Gasteiger partial charge in [0.1, 0.15) is 11.5 Å². The van der Waals surface area contributed by atoms with Crippen molar-refractivity contribution in [2.24, 2.45) is 0 Å². The number of hydrogen-bond donors (Lipinski definition) is 0. The van der Waals surface area contributed by atoms with Gasteiger partial charge in [0.05, 0.1) is 22.4 Å². The van der Waals surface area contributed by atoms with E-state index in [4.69, 9.17) is 4.52 Å². The molecule has 2 aromatic heterocycles. The Bertz CT molecular complexity index is 1210. The highest BCUT2D eigenvalue weighted by molar-refractivity contribution is 5.93. The predicted octanol–water partition coefficient (Wildman–Crippen LogP) is 4.14. The van der Waals surface area contributed by atoms with Gasteiger partial charge in [0, 0.05) is 50.0 Å². The van der Waals surface area contributed by atoms with Gasteiger partial charge in [-0.1, -0.05) is 35.5 Å². The van der Waals surface area contributed by atoms with Crippen LogP contribution in [0.25, 0.3) is 16.9 Å². The SMILES string of the molecule is CN(CCCc1cc(-c2ccccc2)no1)C(=O)c1cnn(-c2ccc([N+](=O)[O-])cc2)c1. The van der Waals surface area contributed by atoms with Crippen LogP contribution in [-0.2, 0) is 6.42 Å². The van der Waals surface area contributed by atoms with Gasteiger partial charge in [0.15, 0.2) is 0 Å². The first-order valence-electron chi connectivity index (χ1n) is 10.1. The molecule has 4 aromatic rings. The summed E-state index contributed by atoms with van der Waals surface area (Å²) in [7, 11) is 1.74. The predicted molar refractivity (Wildman–Crippen MR) is 117 cm³/mol. The van der Waals surface area contributed by atoms with Crippen LogP contribution in [0.15, 0.2) is 77.6 Å². The Labute approximate surface area is 184 Å². The van der Waals surface area contributed by atoms with Crippen LogP contribution in [0, 0.1) is 10.1 Å². The van der Waals surface area contributed by atoms with Crippen molar-refractivity contribution in [1.29, 1.82) is 0 Å². The molecule has 9 nitrogen and oxygen atoms in total. The number of carbonyl (C=O) groups excluding carboxylic acids is 1. The fraction of sp³-hybridized carbons (Fsp3) is 0.174. The molecule has 0 saturated heterocycles. The molecule has 0 aliphatic rings. The van der Waals surface area contributed by atoms with Crippen molar-refractivity contribution in [2.75, 3.05) is 13.6 Å². The maximum Gasteiger partial charge on any atom is 0.269 e. The number of non-ortho nitro benzene ring substituents is 1. The Balaban J connectivity index is 1.31. The molecule has 0 N–H and O–H groups in total. The molecule has 0 spiro atoms. The number of rotatable bonds is 8. The molecule has 2 aromatic carbocycles. The van der Waals surface area contributed by atoms with E-state index in [1.165, 1.54) is 23.0 Å². The van der Waals surface area contributed by atoms with E-state index in [0.717, 1.165) is 23.4 Å². The van der Waals surface area contributed by atoms with Gasteiger partial charge in [-0.2, -0.15) is 5.10 Å². The minimum absolute atomic E-state index is 0.000384. The molecular weight excluding hydrogens is 410 g/mol. The normalized spacial score (nSPS) is 10.8. The van der Waals surface area contributed by atoms with Crippen molar-refractivity contribution in [3.05, 3.63) is 94.5 Å². The van der Waals surface area contributed by atoms with Gasteiger partial charge in [-0.25, -0.2) is 4.68 Å². The van der Waals surface area contributed by atoms with Crippen LogP contribution in [0.2, 0.25) is 0 Å². The van der Waals surface area contributed by atoms with Gasteiger partial charge in [-0.3, -0.25) is 14.9 Å². The Hall–Kier alpha value is -4.27. The van der Waals surface area contributed by atoms with Gasteiger partial charge < -0.3 is 9.42 Å². The number of nitro benzene ring substituents is 1. The number of aryl methyl sites for hydroxylation is 1. The number of nitro groups is 1. The van der Waals surface area contributed by atoms with E-state index < -0.39 is 4.92 Å². The average molecular weight is 431 g/mol. The van der Waals surface area contributed by atoms with E-state index in [1.807, 2.05) is 36.4 Å². The summed E-state index contributed by atoms with van der Waals surface area (Å²) in [5, 5.41) is 19.1. The number of aromatic nitrogens is 3. The molecule has 9 heteroatoms. The van der Waals surface area contributed by atoms with E-state index in [-0.39, 0.29) is 11.6 Å². The van der Waals surface area contributed by atoms with Gasteiger partial charge in [0.25, 0.3) is 11.6 Å².